The summed E-state index contributed by atoms with van der Waals surface area (Å²) in [5.74, 6) is 0.232. The molecule has 4 aromatic rings. The fourth-order valence-electron chi connectivity index (χ4n) is 3.26. The summed E-state index contributed by atoms with van der Waals surface area (Å²) < 4.78 is 1.82. The number of hydrogen-bond donors (Lipinski definition) is 1. The van der Waals surface area contributed by atoms with E-state index >= 15 is 0 Å². The molecule has 0 bridgehead atoms. The number of anilines is 1. The molecule has 0 fully saturated rings. The van der Waals surface area contributed by atoms with E-state index in [4.69, 9.17) is 5.10 Å². The van der Waals surface area contributed by atoms with Gasteiger partial charge < -0.3 is 5.32 Å². The lowest BCUT2D eigenvalue weighted by molar-refractivity contribution is -0.113. The Hall–Kier alpha value is -3.12. The number of thioether (sulfide) groups is 1. The molecule has 2 aromatic carbocycles. The highest BCUT2D eigenvalue weighted by Crippen LogP contribution is 2.27. The maximum atomic E-state index is 12.5. The average molecular weight is 417 g/mol. The minimum Gasteiger partial charge on any atom is -0.325 e. The van der Waals surface area contributed by atoms with Gasteiger partial charge in [0.1, 0.15) is 5.03 Å². The number of rotatable bonds is 5. The maximum Gasteiger partial charge on any atom is 0.234 e. The second-order valence-electron chi connectivity index (χ2n) is 7.48. The SMILES string of the molecule is Cc1ccc(-c2cc3c(SCC(=O)Nc4cccc(C)c4C)nccn3n2)cc1C. The first kappa shape index (κ1) is 20.2. The average Bonchev–Trinajstić information content (AvgIpc) is 3.17. The van der Waals surface area contributed by atoms with Gasteiger partial charge in [0.05, 0.1) is 17.0 Å². The van der Waals surface area contributed by atoms with Gasteiger partial charge in [-0.2, -0.15) is 5.10 Å². The quantitative estimate of drug-likeness (QED) is 0.445. The van der Waals surface area contributed by atoms with Gasteiger partial charge >= 0.3 is 0 Å². The second-order valence-corrected chi connectivity index (χ2v) is 8.44. The number of nitrogens with one attached hydrogen (secondary N) is 1. The van der Waals surface area contributed by atoms with Gasteiger partial charge in [-0.3, -0.25) is 4.79 Å². The van der Waals surface area contributed by atoms with E-state index in [1.807, 2.05) is 48.8 Å². The van der Waals surface area contributed by atoms with Crippen LogP contribution in [0.4, 0.5) is 5.69 Å². The summed E-state index contributed by atoms with van der Waals surface area (Å²) in [6.45, 7) is 8.26. The Bertz CT molecular complexity index is 1250. The van der Waals surface area contributed by atoms with Crippen molar-refractivity contribution in [2.75, 3.05) is 11.1 Å². The van der Waals surface area contributed by atoms with Gasteiger partial charge in [-0.25, -0.2) is 9.50 Å². The first-order chi connectivity index (χ1) is 14.4. The van der Waals surface area contributed by atoms with Crippen molar-refractivity contribution in [3.8, 4) is 11.3 Å². The zero-order valence-corrected chi connectivity index (χ0v) is 18.4. The van der Waals surface area contributed by atoms with Gasteiger partial charge in [0.25, 0.3) is 0 Å². The molecule has 1 amide bonds. The highest BCUT2D eigenvalue weighted by molar-refractivity contribution is 8.00. The van der Waals surface area contributed by atoms with Crippen molar-refractivity contribution in [2.45, 2.75) is 32.7 Å². The maximum absolute atomic E-state index is 12.5. The molecule has 5 nitrogen and oxygen atoms in total. The molecule has 2 heterocycles. The molecule has 0 aliphatic heterocycles. The molecule has 30 heavy (non-hydrogen) atoms. The molecular weight excluding hydrogens is 392 g/mol. The van der Waals surface area contributed by atoms with Crippen molar-refractivity contribution in [1.82, 2.24) is 14.6 Å². The topological polar surface area (TPSA) is 59.3 Å². The van der Waals surface area contributed by atoms with Crippen molar-refractivity contribution < 1.29 is 4.79 Å². The number of nitrogens with zero attached hydrogens (tertiary/aromatic N) is 3. The van der Waals surface area contributed by atoms with E-state index in [0.29, 0.717) is 0 Å². The molecule has 4 rings (SSSR count). The highest BCUT2D eigenvalue weighted by atomic mass is 32.2. The van der Waals surface area contributed by atoms with Crippen molar-refractivity contribution in [1.29, 1.82) is 0 Å². The van der Waals surface area contributed by atoms with Crippen molar-refractivity contribution in [2.24, 2.45) is 0 Å². The van der Waals surface area contributed by atoms with E-state index < -0.39 is 0 Å². The number of amides is 1. The fourth-order valence-corrected chi connectivity index (χ4v) is 4.03. The van der Waals surface area contributed by atoms with E-state index in [-0.39, 0.29) is 11.7 Å². The third kappa shape index (κ3) is 4.09. The molecule has 2 aromatic heterocycles. The van der Waals surface area contributed by atoms with Crippen LogP contribution in [0.1, 0.15) is 22.3 Å². The lowest BCUT2D eigenvalue weighted by Gasteiger charge is -2.10. The van der Waals surface area contributed by atoms with Crippen LogP contribution in [0.2, 0.25) is 0 Å². The van der Waals surface area contributed by atoms with Gasteiger partial charge in [0.2, 0.25) is 5.91 Å². The molecule has 0 radical (unpaired) electrons. The molecule has 0 saturated carbocycles. The predicted molar refractivity (Wildman–Crippen MR) is 123 cm³/mol. The number of fused-ring (bicyclic) bond motifs is 1. The van der Waals surface area contributed by atoms with Gasteiger partial charge in [-0.15, -0.1) is 0 Å². The monoisotopic (exact) mass is 416 g/mol. The molecule has 0 atom stereocenters. The summed E-state index contributed by atoms with van der Waals surface area (Å²) in [5, 5.41) is 8.48. The van der Waals surface area contributed by atoms with Crippen LogP contribution in [0.15, 0.2) is 59.9 Å². The zero-order chi connectivity index (χ0) is 21.3. The van der Waals surface area contributed by atoms with Crippen molar-refractivity contribution >= 4 is 28.9 Å². The van der Waals surface area contributed by atoms with Crippen LogP contribution in [0.3, 0.4) is 0 Å². The van der Waals surface area contributed by atoms with Crippen LogP contribution < -0.4 is 5.32 Å². The third-order valence-electron chi connectivity index (χ3n) is 5.38. The molecule has 0 aliphatic carbocycles. The molecule has 6 heteroatoms. The Morgan fingerprint density at radius 2 is 1.87 bits per heavy atom. The van der Waals surface area contributed by atoms with E-state index in [2.05, 4.69) is 42.3 Å². The molecule has 0 unspecified atom stereocenters. The fraction of sp³-hybridized carbons (Fsp3) is 0.208. The van der Waals surface area contributed by atoms with Crippen LogP contribution in [0, 0.1) is 27.7 Å². The zero-order valence-electron chi connectivity index (χ0n) is 17.6. The number of benzene rings is 2. The van der Waals surface area contributed by atoms with Crippen molar-refractivity contribution in [3.05, 3.63) is 77.1 Å². The normalized spacial score (nSPS) is 11.1. The summed E-state index contributed by atoms with van der Waals surface area (Å²) in [7, 11) is 0. The standard InChI is InChI=1S/C24H24N4OS/c1-15-8-9-19(12-17(15)3)21-13-22-24(25-10-11-28(22)27-21)30-14-23(29)26-20-7-5-6-16(2)18(20)4/h5-13H,14H2,1-4H3,(H,26,29). The number of aromatic nitrogens is 3. The largest absolute Gasteiger partial charge is 0.325 e. The Morgan fingerprint density at radius 1 is 1.03 bits per heavy atom. The number of hydrogen-bond acceptors (Lipinski definition) is 4. The minimum atomic E-state index is -0.0496. The summed E-state index contributed by atoms with van der Waals surface area (Å²) in [5.41, 5.74) is 8.47. The minimum absolute atomic E-state index is 0.0496. The highest BCUT2D eigenvalue weighted by Gasteiger charge is 2.13. The molecule has 0 saturated heterocycles. The summed E-state index contributed by atoms with van der Waals surface area (Å²) in [4.78, 5) is 17.0. The number of carbonyl (C=O) groups excluding carboxylic acids is 1. The van der Waals surface area contributed by atoms with Crippen LogP contribution in [0.5, 0.6) is 0 Å². The molecule has 0 aliphatic rings. The van der Waals surface area contributed by atoms with Crippen LogP contribution >= 0.6 is 11.8 Å². The van der Waals surface area contributed by atoms with Gasteiger partial charge in [0, 0.05) is 23.6 Å². The van der Waals surface area contributed by atoms with Crippen LogP contribution in [0.25, 0.3) is 16.8 Å². The third-order valence-corrected chi connectivity index (χ3v) is 6.37. The second kappa shape index (κ2) is 8.32. The molecule has 1 N–H and O–H groups in total. The number of carbonyl (C=O) groups is 1. The van der Waals surface area contributed by atoms with E-state index in [0.717, 1.165) is 38.6 Å². The molecule has 0 spiro atoms. The Kier molecular flexibility index (Phi) is 5.59. The first-order valence-corrected chi connectivity index (χ1v) is 10.8. The van der Waals surface area contributed by atoms with Gasteiger partial charge in [-0.1, -0.05) is 36.0 Å². The van der Waals surface area contributed by atoms with E-state index in [1.54, 1.807) is 6.20 Å². The summed E-state index contributed by atoms with van der Waals surface area (Å²) in [6.07, 6.45) is 3.55. The lowest BCUT2D eigenvalue weighted by Crippen LogP contribution is -2.15. The van der Waals surface area contributed by atoms with Crippen LogP contribution in [-0.2, 0) is 4.79 Å². The Labute approximate surface area is 180 Å². The molecule has 152 valence electrons. The Balaban J connectivity index is 1.53. The molecular formula is C24H24N4OS. The first-order valence-electron chi connectivity index (χ1n) is 9.83. The van der Waals surface area contributed by atoms with E-state index in [1.165, 1.54) is 22.9 Å². The predicted octanol–water partition coefficient (Wildman–Crippen LogP) is 5.36. The Morgan fingerprint density at radius 3 is 2.67 bits per heavy atom. The summed E-state index contributed by atoms with van der Waals surface area (Å²) in [6, 6.07) is 14.3. The smallest absolute Gasteiger partial charge is 0.234 e. The van der Waals surface area contributed by atoms with Gasteiger partial charge in [-0.05, 0) is 68.1 Å². The lowest BCUT2D eigenvalue weighted by atomic mass is 10.0. The van der Waals surface area contributed by atoms with Gasteiger partial charge in [0.15, 0.2) is 0 Å². The van der Waals surface area contributed by atoms with E-state index in [9.17, 15) is 4.79 Å². The van der Waals surface area contributed by atoms with Crippen LogP contribution in [-0.4, -0.2) is 26.3 Å². The number of aryl methyl sites for hydroxylation is 3. The van der Waals surface area contributed by atoms with Crippen molar-refractivity contribution in [3.63, 3.8) is 0 Å². The summed E-state index contributed by atoms with van der Waals surface area (Å²) >= 11 is 1.42.